The van der Waals surface area contributed by atoms with E-state index in [9.17, 15) is 4.79 Å². The third kappa shape index (κ3) is 5.02. The Kier molecular flexibility index (Phi) is 6.90. The number of rotatable bonds is 7. The highest BCUT2D eigenvalue weighted by Crippen LogP contribution is 2.42. The Morgan fingerprint density at radius 2 is 1.69 bits per heavy atom. The smallest absolute Gasteiger partial charge is 0.251 e. The Morgan fingerprint density at radius 1 is 1.00 bits per heavy atom. The lowest BCUT2D eigenvalue weighted by atomic mass is 9.83. The maximum Gasteiger partial charge on any atom is 0.251 e. The molecule has 1 atom stereocenters. The maximum atomic E-state index is 13.1. The summed E-state index contributed by atoms with van der Waals surface area (Å²) in [5.41, 5.74) is 4.00. The van der Waals surface area contributed by atoms with Crippen molar-refractivity contribution in [3.63, 3.8) is 0 Å². The van der Waals surface area contributed by atoms with Crippen LogP contribution in [0.3, 0.4) is 0 Å². The van der Waals surface area contributed by atoms with E-state index in [2.05, 4.69) is 68.6 Å². The van der Waals surface area contributed by atoms with Crippen molar-refractivity contribution in [2.75, 3.05) is 0 Å². The fraction of sp³-hybridized carbons (Fsp3) is 0.321. The molecule has 3 aromatic rings. The van der Waals surface area contributed by atoms with Crippen molar-refractivity contribution >= 4 is 17.7 Å². The molecule has 0 radical (unpaired) electrons. The number of hydrogen-bond acceptors (Lipinski definition) is 3. The average Bonchev–Trinajstić information content (AvgIpc) is 2.84. The monoisotopic (exact) mass is 445 g/mol. The number of hydrogen-bond donors (Lipinski definition) is 1. The summed E-state index contributed by atoms with van der Waals surface area (Å²) in [7, 11) is 0. The van der Waals surface area contributed by atoms with E-state index in [1.54, 1.807) is 0 Å². The molecule has 1 unspecified atom stereocenters. The predicted molar refractivity (Wildman–Crippen MR) is 132 cm³/mol. The molecule has 1 heterocycles. The lowest BCUT2D eigenvalue weighted by Gasteiger charge is -2.41. The maximum absolute atomic E-state index is 13.1. The molecule has 0 aliphatic carbocycles. The first-order valence-corrected chi connectivity index (χ1v) is 12.4. The minimum Gasteiger partial charge on any atom is -0.487 e. The molecule has 3 aromatic carbocycles. The van der Waals surface area contributed by atoms with Gasteiger partial charge in [0, 0.05) is 28.2 Å². The topological polar surface area (TPSA) is 38.3 Å². The molecule has 4 rings (SSSR count). The average molecular weight is 446 g/mol. The molecule has 0 saturated carbocycles. The minimum absolute atomic E-state index is 0.0365. The van der Waals surface area contributed by atoms with Crippen LogP contribution < -0.4 is 10.1 Å². The Bertz CT molecular complexity index is 1060. The zero-order valence-corrected chi connectivity index (χ0v) is 19.9. The quantitative estimate of drug-likeness (QED) is 0.394. The van der Waals surface area contributed by atoms with Crippen molar-refractivity contribution in [1.29, 1.82) is 0 Å². The Hall–Kier alpha value is -2.72. The van der Waals surface area contributed by atoms with Crippen LogP contribution >= 0.6 is 11.8 Å². The summed E-state index contributed by atoms with van der Waals surface area (Å²) >= 11 is 1.81. The number of nitrogens with one attached hydrogen (secondary N) is 1. The van der Waals surface area contributed by atoms with Crippen LogP contribution in [0.1, 0.15) is 66.2 Å². The van der Waals surface area contributed by atoms with Gasteiger partial charge in [0.25, 0.3) is 5.91 Å². The Morgan fingerprint density at radius 3 is 2.38 bits per heavy atom. The molecular formula is C28H31NO2S. The lowest BCUT2D eigenvalue weighted by molar-refractivity contribution is 0.0227. The van der Waals surface area contributed by atoms with Crippen LogP contribution in [0.2, 0.25) is 0 Å². The predicted octanol–water partition coefficient (Wildman–Crippen LogP) is 7.10. The van der Waals surface area contributed by atoms with Gasteiger partial charge in [-0.2, -0.15) is 0 Å². The second-order valence-electron chi connectivity index (χ2n) is 8.56. The first-order valence-electron chi connectivity index (χ1n) is 11.4. The third-order valence-electron chi connectivity index (χ3n) is 6.43. The van der Waals surface area contributed by atoms with E-state index in [1.807, 2.05) is 42.1 Å². The fourth-order valence-electron chi connectivity index (χ4n) is 4.23. The van der Waals surface area contributed by atoms with Crippen LogP contribution in [0.4, 0.5) is 0 Å². The SMILES string of the molecule is CCC1(CC)CC(NC(=O)c2ccc(CSc3ccc(C)cc3)cc2)c2ccccc2O1. The lowest BCUT2D eigenvalue weighted by Crippen LogP contribution is -2.44. The molecule has 0 spiro atoms. The van der Waals surface area contributed by atoms with Crippen LogP contribution in [0.15, 0.2) is 77.7 Å². The first-order chi connectivity index (χ1) is 15.5. The summed E-state index contributed by atoms with van der Waals surface area (Å²) in [4.78, 5) is 14.3. The largest absolute Gasteiger partial charge is 0.487 e. The van der Waals surface area contributed by atoms with Gasteiger partial charge in [0.2, 0.25) is 0 Å². The van der Waals surface area contributed by atoms with Gasteiger partial charge in [-0.3, -0.25) is 4.79 Å². The van der Waals surface area contributed by atoms with Gasteiger partial charge in [-0.05, 0) is 55.7 Å². The second kappa shape index (κ2) is 9.83. The highest BCUT2D eigenvalue weighted by Gasteiger charge is 2.38. The third-order valence-corrected chi connectivity index (χ3v) is 7.52. The highest BCUT2D eigenvalue weighted by molar-refractivity contribution is 7.98. The molecule has 4 heteroatoms. The van der Waals surface area contributed by atoms with Crippen LogP contribution in [-0.2, 0) is 5.75 Å². The minimum atomic E-state index is -0.233. The zero-order valence-electron chi connectivity index (χ0n) is 19.1. The van der Waals surface area contributed by atoms with Gasteiger partial charge >= 0.3 is 0 Å². The molecule has 0 aromatic heterocycles. The number of amides is 1. The van der Waals surface area contributed by atoms with E-state index in [0.717, 1.165) is 36.3 Å². The molecule has 0 fully saturated rings. The number of carbonyl (C=O) groups excluding carboxylic acids is 1. The van der Waals surface area contributed by atoms with E-state index in [1.165, 1.54) is 16.0 Å². The van der Waals surface area contributed by atoms with Gasteiger partial charge in [-0.25, -0.2) is 0 Å². The summed E-state index contributed by atoms with van der Waals surface area (Å²) < 4.78 is 6.37. The van der Waals surface area contributed by atoms with Crippen LogP contribution in [-0.4, -0.2) is 11.5 Å². The van der Waals surface area contributed by atoms with Crippen molar-refractivity contribution in [3.05, 3.63) is 95.1 Å². The zero-order chi connectivity index (χ0) is 22.6. The number of carbonyl (C=O) groups is 1. The summed E-state index contributed by atoms with van der Waals surface area (Å²) in [6.07, 6.45) is 2.61. The van der Waals surface area contributed by atoms with Gasteiger partial charge in [-0.15, -0.1) is 11.8 Å². The highest BCUT2D eigenvalue weighted by atomic mass is 32.2. The van der Waals surface area contributed by atoms with Gasteiger partial charge < -0.3 is 10.1 Å². The van der Waals surface area contributed by atoms with Crippen LogP contribution in [0, 0.1) is 6.92 Å². The van der Waals surface area contributed by atoms with Gasteiger partial charge in [0.15, 0.2) is 0 Å². The van der Waals surface area contributed by atoms with Crippen molar-refractivity contribution < 1.29 is 9.53 Å². The number of thioether (sulfide) groups is 1. The normalized spacial score (nSPS) is 16.7. The van der Waals surface area contributed by atoms with Crippen molar-refractivity contribution in [1.82, 2.24) is 5.32 Å². The standard InChI is InChI=1S/C28H31NO2S/c1-4-28(5-2)18-25(24-8-6-7-9-26(24)31-28)29-27(30)22-14-12-21(13-15-22)19-32-23-16-10-20(3)11-17-23/h6-17,25H,4-5,18-19H2,1-3H3,(H,29,30). The van der Waals surface area contributed by atoms with Gasteiger partial charge in [0.1, 0.15) is 11.4 Å². The summed E-state index contributed by atoms with van der Waals surface area (Å²) in [6, 6.07) is 24.5. The second-order valence-corrected chi connectivity index (χ2v) is 9.61. The number of para-hydroxylation sites is 1. The molecule has 1 aliphatic rings. The summed E-state index contributed by atoms with van der Waals surface area (Å²) in [6.45, 7) is 6.41. The van der Waals surface area contributed by atoms with Crippen LogP contribution in [0.5, 0.6) is 5.75 Å². The van der Waals surface area contributed by atoms with Crippen LogP contribution in [0.25, 0.3) is 0 Å². The van der Waals surface area contributed by atoms with E-state index in [-0.39, 0.29) is 17.6 Å². The first kappa shape index (κ1) is 22.5. The number of fused-ring (bicyclic) bond motifs is 1. The number of aryl methyl sites for hydroxylation is 1. The van der Waals surface area contributed by atoms with Crippen molar-refractivity contribution in [2.45, 2.75) is 62.3 Å². The Balaban J connectivity index is 1.43. The summed E-state index contributed by atoms with van der Waals surface area (Å²) in [5, 5.41) is 3.27. The van der Waals surface area contributed by atoms with Crippen molar-refractivity contribution in [2.24, 2.45) is 0 Å². The molecule has 0 bridgehead atoms. The molecule has 0 saturated heterocycles. The van der Waals surface area contributed by atoms with E-state index < -0.39 is 0 Å². The molecule has 1 aliphatic heterocycles. The van der Waals surface area contributed by atoms with E-state index in [0.29, 0.717) is 5.56 Å². The molecule has 32 heavy (non-hydrogen) atoms. The number of benzene rings is 3. The van der Waals surface area contributed by atoms with E-state index >= 15 is 0 Å². The molecule has 1 amide bonds. The van der Waals surface area contributed by atoms with Crippen molar-refractivity contribution in [3.8, 4) is 5.75 Å². The molecule has 3 nitrogen and oxygen atoms in total. The van der Waals surface area contributed by atoms with Gasteiger partial charge in [0.05, 0.1) is 6.04 Å². The molecular weight excluding hydrogens is 414 g/mol. The molecule has 1 N–H and O–H groups in total. The van der Waals surface area contributed by atoms with E-state index in [4.69, 9.17) is 4.74 Å². The molecule has 166 valence electrons. The number of ether oxygens (including phenoxy) is 1. The Labute approximate surface area is 195 Å². The fourth-order valence-corrected chi connectivity index (χ4v) is 5.08. The summed E-state index contributed by atoms with van der Waals surface area (Å²) in [5.74, 6) is 1.73. The van der Waals surface area contributed by atoms with Gasteiger partial charge in [-0.1, -0.05) is 61.9 Å².